The van der Waals surface area contributed by atoms with E-state index < -0.39 is 11.9 Å². The van der Waals surface area contributed by atoms with Gasteiger partial charge in [-0.1, -0.05) is 0 Å². The highest BCUT2D eigenvalue weighted by Gasteiger charge is 2.23. The fourth-order valence-corrected chi connectivity index (χ4v) is 1.77. The average Bonchev–Trinajstić information content (AvgIpc) is 2.83. The molecule has 0 saturated carbocycles. The van der Waals surface area contributed by atoms with Crippen molar-refractivity contribution in [2.45, 2.75) is 19.8 Å². The zero-order chi connectivity index (χ0) is 12.6. The summed E-state index contributed by atoms with van der Waals surface area (Å²) in [5.41, 5.74) is 0.417. The zero-order valence-electron chi connectivity index (χ0n) is 9.23. The standard InChI is InChI=1S/C11H10BrNO4/c1-5(11(14)15)9-6(2)16-10(13-9)7-3-4-8(12)17-7/h3-5H,1-2H3,(H,14,15). The maximum atomic E-state index is 10.9. The monoisotopic (exact) mass is 299 g/mol. The van der Waals surface area contributed by atoms with Gasteiger partial charge in [-0.3, -0.25) is 4.79 Å². The van der Waals surface area contributed by atoms with Crippen molar-refractivity contribution in [2.75, 3.05) is 0 Å². The molecule has 0 aliphatic carbocycles. The molecule has 0 aliphatic rings. The summed E-state index contributed by atoms with van der Waals surface area (Å²) >= 11 is 3.18. The number of carboxylic acids is 1. The number of hydrogen-bond acceptors (Lipinski definition) is 4. The Balaban J connectivity index is 2.40. The number of oxazole rings is 1. The first kappa shape index (κ1) is 11.9. The molecule has 90 valence electrons. The van der Waals surface area contributed by atoms with Crippen LogP contribution in [0.4, 0.5) is 0 Å². The summed E-state index contributed by atoms with van der Waals surface area (Å²) in [6.07, 6.45) is 0. The Morgan fingerprint density at radius 2 is 2.18 bits per heavy atom. The lowest BCUT2D eigenvalue weighted by Crippen LogP contribution is -2.08. The maximum Gasteiger partial charge on any atom is 0.312 e. The van der Waals surface area contributed by atoms with Crippen LogP contribution in [0.5, 0.6) is 0 Å². The number of hydrogen-bond donors (Lipinski definition) is 1. The minimum absolute atomic E-state index is 0.288. The van der Waals surface area contributed by atoms with Gasteiger partial charge in [-0.15, -0.1) is 0 Å². The molecule has 1 atom stereocenters. The van der Waals surface area contributed by atoms with Gasteiger partial charge in [0.1, 0.15) is 5.76 Å². The molecule has 5 nitrogen and oxygen atoms in total. The average molecular weight is 300 g/mol. The van der Waals surface area contributed by atoms with Gasteiger partial charge in [0, 0.05) is 0 Å². The van der Waals surface area contributed by atoms with E-state index in [4.69, 9.17) is 13.9 Å². The molecule has 17 heavy (non-hydrogen) atoms. The first-order chi connectivity index (χ1) is 7.99. The van der Waals surface area contributed by atoms with Crippen LogP contribution in [-0.4, -0.2) is 16.1 Å². The second kappa shape index (κ2) is 4.37. The van der Waals surface area contributed by atoms with E-state index in [9.17, 15) is 4.79 Å². The number of nitrogens with zero attached hydrogens (tertiary/aromatic N) is 1. The highest BCUT2D eigenvalue weighted by Crippen LogP contribution is 2.28. The van der Waals surface area contributed by atoms with Gasteiger partial charge in [-0.2, -0.15) is 0 Å². The number of aromatic nitrogens is 1. The van der Waals surface area contributed by atoms with Crippen LogP contribution in [-0.2, 0) is 4.79 Å². The van der Waals surface area contributed by atoms with Gasteiger partial charge in [0.25, 0.3) is 5.89 Å². The van der Waals surface area contributed by atoms with Crippen molar-refractivity contribution in [1.82, 2.24) is 4.98 Å². The molecule has 2 aromatic rings. The molecule has 0 radical (unpaired) electrons. The molecule has 2 heterocycles. The number of carbonyl (C=O) groups is 1. The number of furan rings is 1. The van der Waals surface area contributed by atoms with E-state index in [2.05, 4.69) is 20.9 Å². The van der Waals surface area contributed by atoms with E-state index >= 15 is 0 Å². The second-order valence-electron chi connectivity index (χ2n) is 3.62. The summed E-state index contributed by atoms with van der Waals surface area (Å²) < 4.78 is 11.3. The lowest BCUT2D eigenvalue weighted by molar-refractivity contribution is -0.138. The third-order valence-electron chi connectivity index (χ3n) is 2.40. The van der Waals surface area contributed by atoms with Crippen molar-refractivity contribution in [3.05, 3.63) is 28.3 Å². The topological polar surface area (TPSA) is 76.5 Å². The smallest absolute Gasteiger partial charge is 0.312 e. The van der Waals surface area contributed by atoms with E-state index in [0.717, 1.165) is 0 Å². The third kappa shape index (κ3) is 2.26. The summed E-state index contributed by atoms with van der Waals surface area (Å²) in [4.78, 5) is 15.0. The quantitative estimate of drug-likeness (QED) is 0.942. The molecule has 2 aromatic heterocycles. The van der Waals surface area contributed by atoms with Gasteiger partial charge < -0.3 is 13.9 Å². The number of aryl methyl sites for hydroxylation is 1. The van der Waals surface area contributed by atoms with E-state index in [1.54, 1.807) is 26.0 Å². The van der Waals surface area contributed by atoms with Crippen LogP contribution in [0.25, 0.3) is 11.7 Å². The summed E-state index contributed by atoms with van der Waals surface area (Å²) in [7, 11) is 0. The molecule has 1 unspecified atom stereocenters. The Hall–Kier alpha value is -1.56. The highest BCUT2D eigenvalue weighted by molar-refractivity contribution is 9.10. The summed E-state index contributed by atoms with van der Waals surface area (Å²) in [6.45, 7) is 3.25. The van der Waals surface area contributed by atoms with Crippen LogP contribution in [0.1, 0.15) is 24.3 Å². The Morgan fingerprint density at radius 1 is 1.47 bits per heavy atom. The lowest BCUT2D eigenvalue weighted by atomic mass is 10.1. The van der Waals surface area contributed by atoms with Crippen LogP contribution in [0.2, 0.25) is 0 Å². The summed E-state index contributed by atoms with van der Waals surface area (Å²) in [5.74, 6) is -0.401. The van der Waals surface area contributed by atoms with Crippen molar-refractivity contribution in [2.24, 2.45) is 0 Å². The normalized spacial score (nSPS) is 12.6. The molecule has 1 N–H and O–H groups in total. The SMILES string of the molecule is Cc1oc(-c2ccc(Br)o2)nc1C(C)C(=O)O. The molecule has 0 aromatic carbocycles. The van der Waals surface area contributed by atoms with Gasteiger partial charge in [-0.05, 0) is 41.9 Å². The van der Waals surface area contributed by atoms with Crippen LogP contribution < -0.4 is 0 Å². The van der Waals surface area contributed by atoms with E-state index in [1.807, 2.05) is 0 Å². The Bertz CT molecular complexity index is 558. The molecule has 6 heteroatoms. The molecular formula is C11H10BrNO4. The number of halogens is 1. The number of rotatable bonds is 3. The molecule has 0 saturated heterocycles. The molecule has 0 fully saturated rings. The van der Waals surface area contributed by atoms with E-state index in [0.29, 0.717) is 21.9 Å². The zero-order valence-corrected chi connectivity index (χ0v) is 10.8. The van der Waals surface area contributed by atoms with Crippen molar-refractivity contribution >= 4 is 21.9 Å². The largest absolute Gasteiger partial charge is 0.481 e. The first-order valence-electron chi connectivity index (χ1n) is 4.95. The van der Waals surface area contributed by atoms with Gasteiger partial charge in [-0.25, -0.2) is 4.98 Å². The van der Waals surface area contributed by atoms with Gasteiger partial charge >= 0.3 is 5.97 Å². The molecular weight excluding hydrogens is 290 g/mol. The van der Waals surface area contributed by atoms with Crippen molar-refractivity contribution in [1.29, 1.82) is 0 Å². The Kier molecular flexibility index (Phi) is 3.06. The predicted molar refractivity (Wildman–Crippen MR) is 62.7 cm³/mol. The van der Waals surface area contributed by atoms with Crippen LogP contribution in [0.15, 0.2) is 25.6 Å². The summed E-state index contributed by atoms with van der Waals surface area (Å²) in [5, 5.41) is 8.93. The maximum absolute atomic E-state index is 10.9. The van der Waals surface area contributed by atoms with E-state index in [-0.39, 0.29) is 5.89 Å². The second-order valence-corrected chi connectivity index (χ2v) is 4.41. The van der Waals surface area contributed by atoms with Gasteiger partial charge in [0.15, 0.2) is 10.4 Å². The molecule has 0 amide bonds. The Morgan fingerprint density at radius 3 is 2.71 bits per heavy atom. The molecule has 0 bridgehead atoms. The Labute approximate surface area is 106 Å². The molecule has 0 spiro atoms. The lowest BCUT2D eigenvalue weighted by Gasteiger charge is -2.00. The van der Waals surface area contributed by atoms with Gasteiger partial charge in [0.2, 0.25) is 0 Å². The predicted octanol–water partition coefficient (Wildman–Crippen LogP) is 3.19. The summed E-state index contributed by atoms with van der Waals surface area (Å²) in [6, 6.07) is 3.42. The van der Waals surface area contributed by atoms with Crippen molar-refractivity contribution in [3.63, 3.8) is 0 Å². The number of aliphatic carboxylic acids is 1. The third-order valence-corrected chi connectivity index (χ3v) is 2.82. The van der Waals surface area contributed by atoms with Gasteiger partial charge in [0.05, 0.1) is 11.6 Å². The number of carboxylic acid groups (broad SMARTS) is 1. The fraction of sp³-hybridized carbons (Fsp3) is 0.273. The minimum Gasteiger partial charge on any atom is -0.481 e. The van der Waals surface area contributed by atoms with E-state index in [1.165, 1.54) is 0 Å². The fourth-order valence-electron chi connectivity index (χ4n) is 1.46. The minimum atomic E-state index is -0.937. The highest BCUT2D eigenvalue weighted by atomic mass is 79.9. The van der Waals surface area contributed by atoms with Crippen molar-refractivity contribution < 1.29 is 18.7 Å². The molecule has 0 aliphatic heterocycles. The van der Waals surface area contributed by atoms with Crippen LogP contribution >= 0.6 is 15.9 Å². The molecule has 2 rings (SSSR count). The first-order valence-corrected chi connectivity index (χ1v) is 5.74. The van der Waals surface area contributed by atoms with Crippen LogP contribution in [0.3, 0.4) is 0 Å². The van der Waals surface area contributed by atoms with Crippen molar-refractivity contribution in [3.8, 4) is 11.7 Å². The van der Waals surface area contributed by atoms with Crippen LogP contribution in [0, 0.1) is 6.92 Å².